The first-order valence-corrected chi connectivity index (χ1v) is 5.62. The van der Waals surface area contributed by atoms with Crippen LogP contribution in [0.5, 0.6) is 0 Å². The Hall–Kier alpha value is -1.08. The number of halogens is 2. The molecular weight excluding hydrogens is 251 g/mol. The van der Waals surface area contributed by atoms with Gasteiger partial charge in [-0.25, -0.2) is 9.82 Å². The van der Waals surface area contributed by atoms with Crippen molar-refractivity contribution in [2.45, 2.75) is 6.04 Å². The zero-order valence-electron chi connectivity index (χ0n) is 8.02. The Balaban J connectivity index is 2.41. The lowest BCUT2D eigenvalue weighted by atomic mass is 10.0. The van der Waals surface area contributed by atoms with E-state index in [1.54, 1.807) is 17.5 Å². The molecule has 1 aromatic carbocycles. The van der Waals surface area contributed by atoms with Crippen LogP contribution in [0.3, 0.4) is 0 Å². The van der Waals surface area contributed by atoms with Crippen molar-refractivity contribution in [3.05, 3.63) is 45.7 Å². The molecule has 1 aromatic heterocycles. The Bertz CT molecular complexity index is 476. The summed E-state index contributed by atoms with van der Waals surface area (Å²) in [5, 5.41) is 5.90. The van der Waals surface area contributed by atoms with Gasteiger partial charge in [0, 0.05) is 16.0 Å². The molecule has 0 saturated carbocycles. The number of hydrogen-bond acceptors (Lipinski definition) is 5. The average Bonchev–Trinajstić information content (AvgIpc) is 2.75. The molecule has 84 valence electrons. The Kier molecular flexibility index (Phi) is 3.45. The van der Waals surface area contributed by atoms with Crippen molar-refractivity contribution in [2.75, 3.05) is 0 Å². The lowest BCUT2D eigenvalue weighted by Crippen LogP contribution is -2.29. The normalized spacial score (nSPS) is 12.7. The lowest BCUT2D eigenvalue weighted by Gasteiger charge is -2.14. The summed E-state index contributed by atoms with van der Waals surface area (Å²) in [6.45, 7) is 0. The van der Waals surface area contributed by atoms with Gasteiger partial charge in [0.05, 0.1) is 11.7 Å². The van der Waals surface area contributed by atoms with Gasteiger partial charge in [-0.2, -0.15) is 0 Å². The van der Waals surface area contributed by atoms with E-state index in [9.17, 15) is 4.39 Å². The van der Waals surface area contributed by atoms with Crippen LogP contribution in [0.1, 0.15) is 17.3 Å². The molecule has 4 nitrogen and oxygen atoms in total. The molecule has 7 heteroatoms. The molecule has 1 atom stereocenters. The summed E-state index contributed by atoms with van der Waals surface area (Å²) in [7, 11) is 0. The van der Waals surface area contributed by atoms with Crippen molar-refractivity contribution >= 4 is 23.1 Å². The second-order valence-corrected chi connectivity index (χ2v) is 4.14. The molecule has 0 aliphatic heterocycles. The lowest BCUT2D eigenvalue weighted by molar-refractivity contribution is 0.552. The number of hydrogen-bond donors (Lipinski definition) is 2. The smallest absolute Gasteiger partial charge is 0.129 e. The van der Waals surface area contributed by atoms with E-state index in [2.05, 4.69) is 15.0 Å². The third kappa shape index (κ3) is 2.19. The highest BCUT2D eigenvalue weighted by Gasteiger charge is 2.18. The quantitative estimate of drug-likeness (QED) is 0.652. The summed E-state index contributed by atoms with van der Waals surface area (Å²) in [4.78, 5) is 0. The van der Waals surface area contributed by atoms with Crippen molar-refractivity contribution in [3.8, 4) is 0 Å². The van der Waals surface area contributed by atoms with Gasteiger partial charge in [0.25, 0.3) is 0 Å². The standard InChI is InChI=1S/C9H8ClFN4S/c10-5-1-2-6(7(11)3-5)9(13-12)8-4-16-15-14-8/h1-4,9,13H,12H2. The zero-order chi connectivity index (χ0) is 11.5. The van der Waals surface area contributed by atoms with E-state index in [0.717, 1.165) is 0 Å². The van der Waals surface area contributed by atoms with Crippen LogP contribution < -0.4 is 11.3 Å². The predicted octanol–water partition coefficient (Wildman–Crippen LogP) is 1.88. The first kappa shape index (κ1) is 11.4. The fourth-order valence-electron chi connectivity index (χ4n) is 1.37. The molecule has 2 rings (SSSR count). The zero-order valence-corrected chi connectivity index (χ0v) is 9.60. The summed E-state index contributed by atoms with van der Waals surface area (Å²) in [6.07, 6.45) is 0. The molecule has 0 fully saturated rings. The molecule has 3 N–H and O–H groups in total. The highest BCUT2D eigenvalue weighted by molar-refractivity contribution is 7.03. The van der Waals surface area contributed by atoms with Crippen LogP contribution in [0.25, 0.3) is 0 Å². The molecule has 2 aromatic rings. The monoisotopic (exact) mass is 258 g/mol. The third-order valence-electron chi connectivity index (χ3n) is 2.11. The van der Waals surface area contributed by atoms with Crippen LogP contribution in [0.15, 0.2) is 23.6 Å². The maximum absolute atomic E-state index is 13.7. The van der Waals surface area contributed by atoms with Gasteiger partial charge in [0.1, 0.15) is 5.82 Å². The van der Waals surface area contributed by atoms with Gasteiger partial charge in [-0.15, -0.1) is 5.10 Å². The minimum absolute atomic E-state index is 0.341. The molecule has 1 heterocycles. The van der Waals surface area contributed by atoms with Gasteiger partial charge < -0.3 is 0 Å². The van der Waals surface area contributed by atoms with E-state index >= 15 is 0 Å². The Labute approximate surface area is 100 Å². The largest absolute Gasteiger partial charge is 0.271 e. The van der Waals surface area contributed by atoms with E-state index in [0.29, 0.717) is 16.3 Å². The van der Waals surface area contributed by atoms with Crippen molar-refractivity contribution < 1.29 is 4.39 Å². The first-order valence-electron chi connectivity index (χ1n) is 4.40. The van der Waals surface area contributed by atoms with Crippen LogP contribution >= 0.6 is 23.1 Å². The molecule has 0 aliphatic rings. The molecule has 0 aliphatic carbocycles. The molecule has 0 bridgehead atoms. The Morgan fingerprint density at radius 3 is 2.88 bits per heavy atom. The van der Waals surface area contributed by atoms with E-state index in [4.69, 9.17) is 17.4 Å². The summed E-state index contributed by atoms with van der Waals surface area (Å²) in [5.41, 5.74) is 3.47. The van der Waals surface area contributed by atoms with Gasteiger partial charge in [0.2, 0.25) is 0 Å². The second kappa shape index (κ2) is 4.84. The van der Waals surface area contributed by atoms with Crippen LogP contribution in [-0.4, -0.2) is 9.59 Å². The Morgan fingerprint density at radius 1 is 1.50 bits per heavy atom. The van der Waals surface area contributed by atoms with Crippen molar-refractivity contribution in [2.24, 2.45) is 5.84 Å². The van der Waals surface area contributed by atoms with Gasteiger partial charge >= 0.3 is 0 Å². The summed E-state index contributed by atoms with van der Waals surface area (Å²) in [6, 6.07) is 3.89. The number of hydrazine groups is 1. The number of benzene rings is 1. The molecule has 0 saturated heterocycles. The highest BCUT2D eigenvalue weighted by Crippen LogP contribution is 2.24. The van der Waals surface area contributed by atoms with Gasteiger partial charge in [-0.05, 0) is 23.7 Å². The van der Waals surface area contributed by atoms with E-state index in [1.165, 1.54) is 17.6 Å². The number of nitrogens with zero attached hydrogens (tertiary/aromatic N) is 2. The summed E-state index contributed by atoms with van der Waals surface area (Å²) < 4.78 is 17.4. The van der Waals surface area contributed by atoms with Crippen LogP contribution in [0, 0.1) is 5.82 Å². The fraction of sp³-hybridized carbons (Fsp3) is 0.111. The minimum atomic E-state index is -0.518. The van der Waals surface area contributed by atoms with Gasteiger partial charge in [-0.1, -0.05) is 22.2 Å². The fourth-order valence-corrected chi connectivity index (χ4v) is 2.01. The molecule has 16 heavy (non-hydrogen) atoms. The maximum Gasteiger partial charge on any atom is 0.129 e. The molecule has 0 spiro atoms. The van der Waals surface area contributed by atoms with Crippen molar-refractivity contribution in [1.82, 2.24) is 15.0 Å². The SMILES string of the molecule is NNC(c1csnn1)c1ccc(Cl)cc1F. The van der Waals surface area contributed by atoms with Crippen molar-refractivity contribution in [3.63, 3.8) is 0 Å². The highest BCUT2D eigenvalue weighted by atomic mass is 35.5. The van der Waals surface area contributed by atoms with Crippen LogP contribution in [0.2, 0.25) is 5.02 Å². The molecule has 0 radical (unpaired) electrons. The van der Waals surface area contributed by atoms with Crippen LogP contribution in [0.4, 0.5) is 4.39 Å². The van der Waals surface area contributed by atoms with Gasteiger partial charge in [0.15, 0.2) is 0 Å². The predicted molar refractivity (Wildman–Crippen MR) is 60.5 cm³/mol. The average molecular weight is 259 g/mol. The second-order valence-electron chi connectivity index (χ2n) is 3.10. The van der Waals surface area contributed by atoms with E-state index in [1.807, 2.05) is 0 Å². The third-order valence-corrected chi connectivity index (χ3v) is 2.87. The van der Waals surface area contributed by atoms with Crippen LogP contribution in [-0.2, 0) is 0 Å². The number of nitrogens with two attached hydrogens (primary N) is 1. The minimum Gasteiger partial charge on any atom is -0.271 e. The molecule has 0 amide bonds. The molecular formula is C9H8ClFN4S. The van der Waals surface area contributed by atoms with Crippen molar-refractivity contribution in [1.29, 1.82) is 0 Å². The Morgan fingerprint density at radius 2 is 2.31 bits per heavy atom. The van der Waals surface area contributed by atoms with Gasteiger partial charge in [-0.3, -0.25) is 5.84 Å². The first-order chi connectivity index (χ1) is 7.72. The van der Waals surface area contributed by atoms with E-state index < -0.39 is 11.9 Å². The van der Waals surface area contributed by atoms with E-state index in [-0.39, 0.29) is 0 Å². The molecule has 1 unspecified atom stereocenters. The number of aromatic nitrogens is 2. The number of nitrogens with one attached hydrogen (secondary N) is 1. The topological polar surface area (TPSA) is 63.8 Å². The number of rotatable bonds is 3. The maximum atomic E-state index is 13.7. The summed E-state index contributed by atoms with van der Waals surface area (Å²) >= 11 is 6.85. The summed E-state index contributed by atoms with van der Waals surface area (Å²) in [5.74, 6) is 4.96.